The van der Waals surface area contributed by atoms with E-state index < -0.39 is 15.6 Å². The summed E-state index contributed by atoms with van der Waals surface area (Å²) in [7, 11) is 1.42. The van der Waals surface area contributed by atoms with Gasteiger partial charge >= 0.3 is 0 Å². The maximum atomic E-state index is 14.7. The Morgan fingerprint density at radius 1 is 1.29 bits per heavy atom. The Labute approximate surface area is 222 Å². The molecule has 38 heavy (non-hydrogen) atoms. The molecule has 2 N–H and O–H groups in total. The van der Waals surface area contributed by atoms with E-state index in [1.165, 1.54) is 10.6 Å². The van der Waals surface area contributed by atoms with Gasteiger partial charge < -0.3 is 15.4 Å². The van der Waals surface area contributed by atoms with E-state index in [4.69, 9.17) is 4.74 Å². The molecule has 1 fully saturated rings. The number of fused-ring (bicyclic) bond motifs is 1. The van der Waals surface area contributed by atoms with Crippen LogP contribution in [0.15, 0.2) is 36.7 Å². The molecular formula is C26H33FN6O4S. The number of rotatable bonds is 8. The van der Waals surface area contributed by atoms with Gasteiger partial charge in [0.05, 0.1) is 24.6 Å². The molecule has 0 radical (unpaired) electrons. The number of likely N-dealkylation sites (N-methyl/N-ethyl adjacent to an activating group) is 2. The van der Waals surface area contributed by atoms with Crippen molar-refractivity contribution in [3.05, 3.63) is 53.6 Å². The molecule has 2 aromatic carbocycles. The van der Waals surface area contributed by atoms with E-state index >= 15 is 0 Å². The normalized spacial score (nSPS) is 18.5. The first-order valence-electron chi connectivity index (χ1n) is 12.2. The van der Waals surface area contributed by atoms with Gasteiger partial charge in [-0.3, -0.25) is 9.69 Å². The molecule has 4 rings (SSSR count). The number of nitrogens with zero attached hydrogens (tertiary/aromatic N) is 4. The minimum absolute atomic E-state index is 0.0421. The molecule has 12 heteroatoms. The highest BCUT2D eigenvalue weighted by Crippen LogP contribution is 2.34. The van der Waals surface area contributed by atoms with E-state index in [0.717, 1.165) is 11.8 Å². The van der Waals surface area contributed by atoms with Crippen molar-refractivity contribution in [1.29, 1.82) is 0 Å². The molecule has 1 saturated heterocycles. The van der Waals surface area contributed by atoms with E-state index in [2.05, 4.69) is 20.6 Å². The van der Waals surface area contributed by atoms with Gasteiger partial charge in [-0.25, -0.2) is 22.8 Å². The first-order chi connectivity index (χ1) is 18.0. The number of anilines is 2. The van der Waals surface area contributed by atoms with Crippen molar-refractivity contribution in [3.63, 3.8) is 0 Å². The third-order valence-corrected chi connectivity index (χ3v) is 8.42. The summed E-state index contributed by atoms with van der Waals surface area (Å²) in [6.45, 7) is 2.38. The first kappa shape index (κ1) is 27.7. The molecule has 0 aliphatic carbocycles. The number of piperidine rings is 1. The number of aryl methyl sites for hydroxylation is 1. The van der Waals surface area contributed by atoms with Crippen LogP contribution in [0.25, 0.3) is 10.9 Å². The zero-order valence-corrected chi connectivity index (χ0v) is 23.0. The molecule has 204 valence electrons. The zero-order valence-electron chi connectivity index (χ0n) is 22.2. The van der Waals surface area contributed by atoms with Gasteiger partial charge in [-0.1, -0.05) is 12.1 Å². The number of carbonyl (C=O) groups is 1. The first-order valence-corrected chi connectivity index (χ1v) is 14.1. The Morgan fingerprint density at radius 3 is 2.74 bits per heavy atom. The molecule has 3 aromatic rings. The van der Waals surface area contributed by atoms with Crippen LogP contribution in [0.5, 0.6) is 5.75 Å². The van der Waals surface area contributed by atoms with Crippen LogP contribution in [-0.4, -0.2) is 79.6 Å². The molecule has 0 bridgehead atoms. The summed E-state index contributed by atoms with van der Waals surface area (Å²) in [6, 6.07) is 8.72. The Balaban J connectivity index is 1.74. The van der Waals surface area contributed by atoms with Gasteiger partial charge in [-0.15, -0.1) is 0 Å². The third kappa shape index (κ3) is 5.29. The molecule has 10 nitrogen and oxygen atoms in total. The van der Waals surface area contributed by atoms with E-state index in [1.807, 2.05) is 11.0 Å². The second-order valence-corrected chi connectivity index (χ2v) is 11.6. The molecular weight excluding hydrogens is 511 g/mol. The van der Waals surface area contributed by atoms with Crippen LogP contribution in [0.3, 0.4) is 0 Å². The standard InChI is InChI=1S/C26H33FN6O4S/c1-17-8-6-9-20(23(17)27)31-24-19-12-18(22(37-4)13-21(19)29-16-30-24)14-32(3)26(25(34)28-2)10-7-11-33(15-26)38(5,35)36/h6,8-9,12-13,16H,7,10-11,14-15H2,1-5H3,(H,28,34)(H,29,30,31). The van der Waals surface area contributed by atoms with Crippen LogP contribution < -0.4 is 15.4 Å². The van der Waals surface area contributed by atoms with E-state index in [-0.39, 0.29) is 24.8 Å². The number of amides is 1. The smallest absolute Gasteiger partial charge is 0.241 e. The summed E-state index contributed by atoms with van der Waals surface area (Å²) in [5, 5.41) is 6.44. The van der Waals surface area contributed by atoms with E-state index in [0.29, 0.717) is 53.1 Å². The van der Waals surface area contributed by atoms with Crippen LogP contribution in [0.1, 0.15) is 24.0 Å². The van der Waals surface area contributed by atoms with Gasteiger partial charge in [0.15, 0.2) is 0 Å². The number of hydrogen-bond donors (Lipinski definition) is 2. The topological polar surface area (TPSA) is 117 Å². The highest BCUT2D eigenvalue weighted by Gasteiger charge is 2.47. The molecule has 1 unspecified atom stereocenters. The number of nitrogens with one attached hydrogen (secondary N) is 2. The predicted octanol–water partition coefficient (Wildman–Crippen LogP) is 2.80. The largest absolute Gasteiger partial charge is 0.496 e. The van der Waals surface area contributed by atoms with Crippen LogP contribution in [0, 0.1) is 12.7 Å². The summed E-state index contributed by atoms with van der Waals surface area (Å²) >= 11 is 0. The van der Waals surface area contributed by atoms with Crippen LogP contribution >= 0.6 is 0 Å². The third-order valence-electron chi connectivity index (χ3n) is 7.18. The number of carbonyl (C=O) groups excluding carboxylic acids is 1. The summed E-state index contributed by atoms with van der Waals surface area (Å²) < 4.78 is 46.4. The second-order valence-electron chi connectivity index (χ2n) is 9.63. The van der Waals surface area contributed by atoms with Crippen molar-refractivity contribution in [2.75, 3.05) is 45.9 Å². The Kier molecular flexibility index (Phi) is 7.86. The average molecular weight is 545 g/mol. The van der Waals surface area contributed by atoms with Crippen molar-refractivity contribution in [3.8, 4) is 5.75 Å². The fourth-order valence-electron chi connectivity index (χ4n) is 5.00. The molecule has 1 aromatic heterocycles. The maximum Gasteiger partial charge on any atom is 0.241 e. The number of methoxy groups -OCH3 is 1. The van der Waals surface area contributed by atoms with Crippen molar-refractivity contribution in [1.82, 2.24) is 24.5 Å². The summed E-state index contributed by atoms with van der Waals surface area (Å²) in [4.78, 5) is 23.8. The van der Waals surface area contributed by atoms with Crippen molar-refractivity contribution >= 4 is 38.3 Å². The number of halogens is 1. The van der Waals surface area contributed by atoms with Gasteiger partial charge in [-0.05, 0) is 44.5 Å². The number of aromatic nitrogens is 2. The molecule has 0 spiro atoms. The summed E-state index contributed by atoms with van der Waals surface area (Å²) in [5.74, 6) is 0.355. The summed E-state index contributed by atoms with van der Waals surface area (Å²) in [5.41, 5.74) is 1.06. The Morgan fingerprint density at radius 2 is 2.05 bits per heavy atom. The van der Waals surface area contributed by atoms with Crippen LogP contribution in [-0.2, 0) is 21.4 Å². The predicted molar refractivity (Wildman–Crippen MR) is 144 cm³/mol. The lowest BCUT2D eigenvalue weighted by Crippen LogP contribution is -2.65. The minimum Gasteiger partial charge on any atom is -0.496 e. The van der Waals surface area contributed by atoms with Gasteiger partial charge in [0, 0.05) is 43.7 Å². The van der Waals surface area contributed by atoms with E-state index in [9.17, 15) is 17.6 Å². The van der Waals surface area contributed by atoms with Gasteiger partial charge in [0.25, 0.3) is 0 Å². The monoisotopic (exact) mass is 544 g/mol. The van der Waals surface area contributed by atoms with Gasteiger partial charge in [0.1, 0.15) is 29.3 Å². The zero-order chi connectivity index (χ0) is 27.7. The minimum atomic E-state index is -3.48. The molecule has 1 aliphatic heterocycles. The van der Waals surface area contributed by atoms with Crippen molar-refractivity contribution in [2.45, 2.75) is 31.8 Å². The lowest BCUT2D eigenvalue weighted by Gasteiger charge is -2.46. The molecule has 1 amide bonds. The Bertz CT molecular complexity index is 1470. The number of hydrogen-bond acceptors (Lipinski definition) is 8. The fraction of sp³-hybridized carbons (Fsp3) is 0.423. The SMILES string of the molecule is CNC(=O)C1(N(C)Cc2cc3c(Nc4cccc(C)c4F)ncnc3cc2OC)CCCN(S(C)(=O)=O)C1. The fourth-order valence-corrected chi connectivity index (χ4v) is 5.91. The highest BCUT2D eigenvalue weighted by molar-refractivity contribution is 7.88. The molecule has 1 atom stereocenters. The summed E-state index contributed by atoms with van der Waals surface area (Å²) in [6.07, 6.45) is 3.59. The van der Waals surface area contributed by atoms with Gasteiger partial charge in [0.2, 0.25) is 15.9 Å². The number of benzene rings is 2. The Hall–Kier alpha value is -3.35. The quantitative estimate of drug-likeness (QED) is 0.445. The lowest BCUT2D eigenvalue weighted by atomic mass is 9.87. The highest BCUT2D eigenvalue weighted by atomic mass is 32.2. The van der Waals surface area contributed by atoms with Crippen molar-refractivity contribution < 1.29 is 22.3 Å². The molecule has 2 heterocycles. The average Bonchev–Trinajstić information content (AvgIpc) is 2.90. The molecule has 0 saturated carbocycles. The molecule has 1 aliphatic rings. The van der Waals surface area contributed by atoms with Crippen LogP contribution in [0.2, 0.25) is 0 Å². The van der Waals surface area contributed by atoms with E-state index in [1.54, 1.807) is 52.4 Å². The second kappa shape index (κ2) is 10.8. The number of sulfonamides is 1. The van der Waals surface area contributed by atoms with Gasteiger partial charge in [-0.2, -0.15) is 4.31 Å². The van der Waals surface area contributed by atoms with Crippen LogP contribution in [0.4, 0.5) is 15.9 Å². The van der Waals surface area contributed by atoms with Crippen molar-refractivity contribution in [2.24, 2.45) is 0 Å². The maximum absolute atomic E-state index is 14.7. The number of ether oxygens (including phenoxy) is 1. The lowest BCUT2D eigenvalue weighted by molar-refractivity contribution is -0.135.